The zero-order valence-corrected chi connectivity index (χ0v) is 24.2. The van der Waals surface area contributed by atoms with Gasteiger partial charge in [-0.1, -0.05) is 158 Å². The Morgan fingerprint density at radius 1 is 0.227 bits per heavy atom. The van der Waals surface area contributed by atoms with E-state index >= 15 is 0 Å². The normalized spacial score (nSPS) is 11.6. The maximum Gasteiger partial charge on any atom is -0.00199 e. The lowest BCUT2D eigenvalue weighted by molar-refractivity contribution is 1.64. The van der Waals surface area contributed by atoms with Gasteiger partial charge in [0.1, 0.15) is 0 Å². The Hall–Kier alpha value is -5.72. The van der Waals surface area contributed by atoms with E-state index in [0.717, 1.165) is 0 Å². The first kappa shape index (κ1) is 24.8. The van der Waals surface area contributed by atoms with Crippen LogP contribution in [0.15, 0.2) is 170 Å². The first-order valence-corrected chi connectivity index (χ1v) is 15.3. The lowest BCUT2D eigenvalue weighted by Crippen LogP contribution is -1.92. The summed E-state index contributed by atoms with van der Waals surface area (Å²) in [6, 6.07) is 62.4. The summed E-state index contributed by atoms with van der Waals surface area (Å²) >= 11 is 0. The van der Waals surface area contributed by atoms with Crippen LogP contribution in [0.25, 0.3) is 87.2 Å². The Kier molecular flexibility index (Phi) is 5.61. The van der Waals surface area contributed by atoms with E-state index in [1.807, 2.05) is 0 Å². The van der Waals surface area contributed by atoms with Crippen molar-refractivity contribution in [1.82, 2.24) is 0 Å². The van der Waals surface area contributed by atoms with Crippen LogP contribution in [0.1, 0.15) is 0 Å². The molecular formula is C44H28. The average Bonchev–Trinajstić information content (AvgIpc) is 3.10. The van der Waals surface area contributed by atoms with Crippen molar-refractivity contribution in [3.05, 3.63) is 170 Å². The zero-order valence-electron chi connectivity index (χ0n) is 24.2. The second kappa shape index (κ2) is 9.93. The lowest BCUT2D eigenvalue weighted by Gasteiger charge is -2.20. The number of rotatable bonds is 3. The van der Waals surface area contributed by atoms with E-state index in [2.05, 4.69) is 170 Å². The predicted molar refractivity (Wildman–Crippen MR) is 190 cm³/mol. The molecule has 0 heterocycles. The van der Waals surface area contributed by atoms with Crippen LogP contribution in [0.2, 0.25) is 0 Å². The van der Waals surface area contributed by atoms with Crippen LogP contribution in [0.4, 0.5) is 0 Å². The van der Waals surface area contributed by atoms with Crippen molar-refractivity contribution in [1.29, 1.82) is 0 Å². The highest BCUT2D eigenvalue weighted by atomic mass is 14.2. The van der Waals surface area contributed by atoms with E-state index in [9.17, 15) is 0 Å². The molecular weight excluding hydrogens is 528 g/mol. The first-order valence-electron chi connectivity index (χ1n) is 15.3. The number of fused-ring (bicyclic) bond motifs is 6. The van der Waals surface area contributed by atoms with Crippen molar-refractivity contribution in [2.24, 2.45) is 0 Å². The molecule has 0 bridgehead atoms. The topological polar surface area (TPSA) is 0 Å². The molecule has 0 aliphatic rings. The van der Waals surface area contributed by atoms with Crippen molar-refractivity contribution in [2.45, 2.75) is 0 Å². The van der Waals surface area contributed by atoms with Crippen molar-refractivity contribution >= 4 is 53.9 Å². The van der Waals surface area contributed by atoms with E-state index in [-0.39, 0.29) is 0 Å². The van der Waals surface area contributed by atoms with Gasteiger partial charge in [0.25, 0.3) is 0 Å². The van der Waals surface area contributed by atoms with Gasteiger partial charge in [-0.15, -0.1) is 0 Å². The summed E-state index contributed by atoms with van der Waals surface area (Å²) in [7, 11) is 0. The minimum atomic E-state index is 1.23. The molecule has 0 amide bonds. The fraction of sp³-hybridized carbons (Fsp3) is 0. The van der Waals surface area contributed by atoms with Crippen LogP contribution in [0.5, 0.6) is 0 Å². The van der Waals surface area contributed by atoms with E-state index in [4.69, 9.17) is 0 Å². The largest absolute Gasteiger partial charge is 0.0622 e. The van der Waals surface area contributed by atoms with Gasteiger partial charge in [0.05, 0.1) is 0 Å². The summed E-state index contributed by atoms with van der Waals surface area (Å²) in [5, 5.41) is 12.7. The molecule has 9 aromatic rings. The van der Waals surface area contributed by atoms with E-state index in [1.165, 1.54) is 87.2 Å². The molecule has 9 aromatic carbocycles. The maximum absolute atomic E-state index is 2.41. The van der Waals surface area contributed by atoms with Gasteiger partial charge in [0.15, 0.2) is 0 Å². The highest BCUT2D eigenvalue weighted by Gasteiger charge is 2.19. The molecule has 9 rings (SSSR count). The van der Waals surface area contributed by atoms with Crippen LogP contribution in [-0.4, -0.2) is 0 Å². The maximum atomic E-state index is 2.41. The third-order valence-electron chi connectivity index (χ3n) is 9.23. The summed E-state index contributed by atoms with van der Waals surface area (Å²) in [6.07, 6.45) is 0. The average molecular weight is 557 g/mol. The molecule has 0 aliphatic carbocycles. The van der Waals surface area contributed by atoms with Gasteiger partial charge in [0.2, 0.25) is 0 Å². The van der Waals surface area contributed by atoms with Crippen molar-refractivity contribution in [3.8, 4) is 33.4 Å². The molecule has 0 saturated heterocycles. The minimum Gasteiger partial charge on any atom is -0.0622 e. The van der Waals surface area contributed by atoms with Gasteiger partial charge in [-0.3, -0.25) is 0 Å². The smallest absolute Gasteiger partial charge is 0.00199 e. The standard InChI is InChI=1S/C44H28/c1-2-11-29(12-3-1)33-25-26-40-42(27-33)44(37-20-10-15-30-13-4-6-16-35(30)37)39-19-9-8-18-38(39)43(40)34-24-23-32-22-21-31-14-5-7-17-36(31)41(32)28-34/h1-28H. The summed E-state index contributed by atoms with van der Waals surface area (Å²) in [4.78, 5) is 0. The first-order chi connectivity index (χ1) is 21.8. The third-order valence-corrected chi connectivity index (χ3v) is 9.23. The predicted octanol–water partition coefficient (Wildman–Crippen LogP) is 12.5. The van der Waals surface area contributed by atoms with Crippen molar-refractivity contribution < 1.29 is 0 Å². The molecule has 0 atom stereocenters. The number of hydrogen-bond acceptors (Lipinski definition) is 0. The summed E-state index contributed by atoms with van der Waals surface area (Å²) in [6.45, 7) is 0. The van der Waals surface area contributed by atoms with Crippen LogP contribution in [0, 0.1) is 0 Å². The zero-order chi connectivity index (χ0) is 29.0. The molecule has 0 aliphatic heterocycles. The lowest BCUT2D eigenvalue weighted by atomic mass is 9.83. The molecule has 44 heavy (non-hydrogen) atoms. The summed E-state index contributed by atoms with van der Waals surface area (Å²) in [5.74, 6) is 0. The van der Waals surface area contributed by atoms with Gasteiger partial charge < -0.3 is 0 Å². The Balaban J connectivity index is 1.44. The Morgan fingerprint density at radius 2 is 0.750 bits per heavy atom. The Labute approximate surface area is 256 Å². The fourth-order valence-corrected chi connectivity index (χ4v) is 7.19. The quantitative estimate of drug-likeness (QED) is 0.150. The molecule has 0 saturated carbocycles. The van der Waals surface area contributed by atoms with Crippen LogP contribution in [0.3, 0.4) is 0 Å². The van der Waals surface area contributed by atoms with Crippen LogP contribution < -0.4 is 0 Å². The monoisotopic (exact) mass is 556 g/mol. The SMILES string of the molecule is c1ccc(-c2ccc3c(-c4ccc5ccc6ccccc6c5c4)c4ccccc4c(-c4cccc5ccccc45)c3c2)cc1. The van der Waals surface area contributed by atoms with Gasteiger partial charge in [-0.2, -0.15) is 0 Å². The second-order valence-electron chi connectivity index (χ2n) is 11.7. The molecule has 0 nitrogen and oxygen atoms in total. The molecule has 0 radical (unpaired) electrons. The molecule has 0 N–H and O–H groups in total. The minimum absolute atomic E-state index is 1.23. The molecule has 0 aromatic heterocycles. The van der Waals surface area contributed by atoms with Crippen molar-refractivity contribution in [2.75, 3.05) is 0 Å². The van der Waals surface area contributed by atoms with Gasteiger partial charge in [0, 0.05) is 0 Å². The van der Waals surface area contributed by atoms with Crippen molar-refractivity contribution in [3.63, 3.8) is 0 Å². The van der Waals surface area contributed by atoms with Gasteiger partial charge in [-0.25, -0.2) is 0 Å². The number of hydrogen-bond donors (Lipinski definition) is 0. The van der Waals surface area contributed by atoms with E-state index in [1.54, 1.807) is 0 Å². The van der Waals surface area contributed by atoms with E-state index in [0.29, 0.717) is 0 Å². The Bertz CT molecular complexity index is 2530. The Morgan fingerprint density at radius 3 is 1.55 bits per heavy atom. The molecule has 0 heteroatoms. The highest BCUT2D eigenvalue weighted by molar-refractivity contribution is 6.24. The molecule has 0 unspecified atom stereocenters. The van der Waals surface area contributed by atoms with Gasteiger partial charge >= 0.3 is 0 Å². The van der Waals surface area contributed by atoms with Crippen LogP contribution in [-0.2, 0) is 0 Å². The van der Waals surface area contributed by atoms with Gasteiger partial charge in [-0.05, 0) is 99.4 Å². The third kappa shape index (κ3) is 3.85. The number of benzene rings is 9. The summed E-state index contributed by atoms with van der Waals surface area (Å²) < 4.78 is 0. The summed E-state index contributed by atoms with van der Waals surface area (Å²) in [5.41, 5.74) is 7.54. The van der Waals surface area contributed by atoms with Crippen LogP contribution >= 0.6 is 0 Å². The molecule has 0 fully saturated rings. The fourth-order valence-electron chi connectivity index (χ4n) is 7.19. The van der Waals surface area contributed by atoms with E-state index < -0.39 is 0 Å². The molecule has 204 valence electrons. The second-order valence-corrected chi connectivity index (χ2v) is 11.7. The highest BCUT2D eigenvalue weighted by Crippen LogP contribution is 2.46. The molecule has 0 spiro atoms.